The fourth-order valence-electron chi connectivity index (χ4n) is 0.278. The summed E-state index contributed by atoms with van der Waals surface area (Å²) >= 11 is 0. The number of hydrogen-bond donors (Lipinski definition) is 1. The molecule has 0 fully saturated rings. The van der Waals surface area contributed by atoms with Crippen LogP contribution in [-0.2, 0) is 0 Å². The lowest BCUT2D eigenvalue weighted by molar-refractivity contribution is 1.42. The average molecular weight is 156 g/mol. The number of hydrogen-bond acceptors (Lipinski definition) is 2. The van der Waals surface area contributed by atoms with Crippen LogP contribution in [0.15, 0.2) is 24.5 Å². The largest absolute Gasteiger partial charge is 0.368 e. The molecule has 0 spiro atoms. The van der Waals surface area contributed by atoms with Gasteiger partial charge in [0.25, 0.3) is 0 Å². The van der Waals surface area contributed by atoms with Gasteiger partial charge in [0.15, 0.2) is 12.1 Å². The van der Waals surface area contributed by atoms with E-state index in [0.717, 1.165) is 0 Å². The zero-order valence-corrected chi connectivity index (χ0v) is 5.93. The number of nitrogens with zero attached hydrogens (tertiary/aromatic N) is 2. The fraction of sp³-hybridized carbons (Fsp3) is 0. The fourth-order valence-corrected chi connectivity index (χ4v) is 0.278. The molecule has 0 amide bonds. The number of halogens is 1. The molecular weight excluding hydrogens is 150 g/mol. The Labute approximate surface area is 65.3 Å². The highest BCUT2D eigenvalue weighted by Gasteiger charge is 1.55. The third-order valence-electron chi connectivity index (χ3n) is 0.546. The minimum absolute atomic E-state index is 0. The number of aromatic amines is 1. The molecule has 1 aromatic heterocycles. The first-order valence-corrected chi connectivity index (χ1v) is 2.27. The van der Waals surface area contributed by atoms with Crippen molar-refractivity contribution in [3.05, 3.63) is 24.5 Å². The molecular formula is C6H6ClN3. The number of nitriles is 2. The van der Waals surface area contributed by atoms with Crippen LogP contribution in [0.2, 0.25) is 0 Å². The molecule has 0 aromatic carbocycles. The zero-order valence-electron chi connectivity index (χ0n) is 5.11. The van der Waals surface area contributed by atoms with E-state index in [2.05, 4.69) is 4.98 Å². The molecule has 0 saturated carbocycles. The van der Waals surface area contributed by atoms with Crippen molar-refractivity contribution in [3.8, 4) is 12.1 Å². The van der Waals surface area contributed by atoms with E-state index in [1.165, 1.54) is 12.1 Å². The van der Waals surface area contributed by atoms with E-state index in [9.17, 15) is 0 Å². The summed E-state index contributed by atoms with van der Waals surface area (Å²) in [6.45, 7) is 0. The molecule has 10 heavy (non-hydrogen) atoms. The van der Waals surface area contributed by atoms with Gasteiger partial charge >= 0.3 is 0 Å². The van der Waals surface area contributed by atoms with Crippen LogP contribution >= 0.6 is 12.4 Å². The van der Waals surface area contributed by atoms with Gasteiger partial charge in [-0.25, -0.2) is 0 Å². The molecule has 0 aliphatic heterocycles. The van der Waals surface area contributed by atoms with Gasteiger partial charge in [-0.1, -0.05) is 0 Å². The topological polar surface area (TPSA) is 63.4 Å². The van der Waals surface area contributed by atoms with E-state index in [4.69, 9.17) is 10.5 Å². The summed E-state index contributed by atoms with van der Waals surface area (Å²) in [6, 6.07) is 6.36. The Morgan fingerprint density at radius 1 is 1.00 bits per heavy atom. The van der Waals surface area contributed by atoms with E-state index in [1.807, 2.05) is 24.5 Å². The van der Waals surface area contributed by atoms with Crippen molar-refractivity contribution in [2.24, 2.45) is 0 Å². The van der Waals surface area contributed by atoms with Gasteiger partial charge in [0.1, 0.15) is 0 Å². The van der Waals surface area contributed by atoms with Gasteiger partial charge in [-0.05, 0) is 12.1 Å². The van der Waals surface area contributed by atoms with Crippen LogP contribution in [0.25, 0.3) is 0 Å². The number of H-pyrrole nitrogens is 1. The highest BCUT2D eigenvalue weighted by Crippen LogP contribution is 1.72. The lowest BCUT2D eigenvalue weighted by Gasteiger charge is -1.49. The average Bonchev–Trinajstić information content (AvgIpc) is 2.43. The van der Waals surface area contributed by atoms with Crippen molar-refractivity contribution in [2.45, 2.75) is 0 Å². The first-order valence-electron chi connectivity index (χ1n) is 2.27. The summed E-state index contributed by atoms with van der Waals surface area (Å²) < 4.78 is 0. The van der Waals surface area contributed by atoms with Crippen LogP contribution in [0, 0.1) is 22.7 Å². The smallest absolute Gasteiger partial charge is 0.181 e. The first-order chi connectivity index (χ1) is 4.41. The molecule has 1 N–H and O–H groups in total. The maximum atomic E-state index is 7.26. The Hall–Kier alpha value is -1.45. The molecule has 1 rings (SSSR count). The van der Waals surface area contributed by atoms with E-state index in [0.29, 0.717) is 0 Å². The molecule has 52 valence electrons. The third kappa shape index (κ3) is 9.75. The van der Waals surface area contributed by atoms with Crippen molar-refractivity contribution in [1.29, 1.82) is 10.5 Å². The summed E-state index contributed by atoms with van der Waals surface area (Å²) in [5.41, 5.74) is 0. The highest BCUT2D eigenvalue weighted by molar-refractivity contribution is 5.85. The normalized spacial score (nSPS) is 5.00. The molecule has 0 radical (unpaired) electrons. The summed E-state index contributed by atoms with van der Waals surface area (Å²) in [4.78, 5) is 2.86. The predicted octanol–water partition coefficient (Wildman–Crippen LogP) is 1.47. The predicted molar refractivity (Wildman–Crippen MR) is 39.3 cm³/mol. The standard InChI is InChI=1S/C4H5N.C2N2.ClH/c1-2-4-5-3-1;3-1-2-4;/h1-5H;;1H. The quantitative estimate of drug-likeness (QED) is 0.617. The molecule has 4 heteroatoms. The Kier molecular flexibility index (Phi) is 11.9. The molecule has 1 heterocycles. The summed E-state index contributed by atoms with van der Waals surface area (Å²) in [5, 5.41) is 14.5. The van der Waals surface area contributed by atoms with Crippen LogP contribution in [-0.4, -0.2) is 4.98 Å². The number of nitrogens with one attached hydrogen (secondary N) is 1. The maximum absolute atomic E-state index is 7.26. The van der Waals surface area contributed by atoms with Crippen LogP contribution in [0.3, 0.4) is 0 Å². The Morgan fingerprint density at radius 2 is 1.40 bits per heavy atom. The molecule has 0 atom stereocenters. The van der Waals surface area contributed by atoms with Crippen LogP contribution in [0.1, 0.15) is 0 Å². The second kappa shape index (κ2) is 10.5. The van der Waals surface area contributed by atoms with Crippen LogP contribution < -0.4 is 0 Å². The van der Waals surface area contributed by atoms with Crippen molar-refractivity contribution < 1.29 is 0 Å². The lowest BCUT2D eigenvalue weighted by Crippen LogP contribution is -1.38. The molecule has 0 bridgehead atoms. The summed E-state index contributed by atoms with van der Waals surface area (Å²) in [6.07, 6.45) is 3.75. The van der Waals surface area contributed by atoms with E-state index in [1.54, 1.807) is 0 Å². The van der Waals surface area contributed by atoms with Crippen molar-refractivity contribution >= 4 is 12.4 Å². The van der Waals surface area contributed by atoms with Gasteiger partial charge in [0.2, 0.25) is 0 Å². The molecule has 0 saturated heterocycles. The highest BCUT2D eigenvalue weighted by atomic mass is 35.5. The van der Waals surface area contributed by atoms with Gasteiger partial charge in [0.05, 0.1) is 0 Å². The first kappa shape index (κ1) is 11.4. The van der Waals surface area contributed by atoms with Crippen molar-refractivity contribution in [1.82, 2.24) is 4.98 Å². The third-order valence-corrected chi connectivity index (χ3v) is 0.546. The van der Waals surface area contributed by atoms with Gasteiger partial charge in [0, 0.05) is 12.4 Å². The SMILES string of the molecule is Cl.N#CC#N.c1cc[nH]c1. The Morgan fingerprint density at radius 3 is 1.50 bits per heavy atom. The molecule has 0 aliphatic rings. The van der Waals surface area contributed by atoms with Crippen LogP contribution in [0.5, 0.6) is 0 Å². The van der Waals surface area contributed by atoms with Gasteiger partial charge in [-0.15, -0.1) is 12.4 Å². The van der Waals surface area contributed by atoms with Crippen molar-refractivity contribution in [3.63, 3.8) is 0 Å². The molecule has 1 aromatic rings. The minimum Gasteiger partial charge on any atom is -0.368 e. The molecule has 3 nitrogen and oxygen atoms in total. The van der Waals surface area contributed by atoms with E-state index >= 15 is 0 Å². The Balaban J connectivity index is 0. The van der Waals surface area contributed by atoms with Crippen molar-refractivity contribution in [2.75, 3.05) is 0 Å². The van der Waals surface area contributed by atoms with E-state index < -0.39 is 0 Å². The maximum Gasteiger partial charge on any atom is 0.181 e. The van der Waals surface area contributed by atoms with E-state index in [-0.39, 0.29) is 12.4 Å². The second-order valence-electron chi connectivity index (χ2n) is 1.11. The number of aromatic nitrogens is 1. The Bertz CT molecular complexity index is 175. The zero-order chi connectivity index (χ0) is 6.95. The van der Waals surface area contributed by atoms with Crippen LogP contribution in [0.4, 0.5) is 0 Å². The second-order valence-corrected chi connectivity index (χ2v) is 1.11. The molecule has 0 aliphatic carbocycles. The van der Waals surface area contributed by atoms with Gasteiger partial charge in [-0.3, -0.25) is 0 Å². The number of rotatable bonds is 0. The summed E-state index contributed by atoms with van der Waals surface area (Å²) in [5.74, 6) is 0. The van der Waals surface area contributed by atoms with Gasteiger partial charge < -0.3 is 4.98 Å². The van der Waals surface area contributed by atoms with Gasteiger partial charge in [-0.2, -0.15) is 10.5 Å². The lowest BCUT2D eigenvalue weighted by atomic mass is 10.7. The summed E-state index contributed by atoms with van der Waals surface area (Å²) in [7, 11) is 0. The minimum atomic E-state index is 0. The molecule has 0 unspecified atom stereocenters. The monoisotopic (exact) mass is 155 g/mol.